The molecule has 0 fully saturated rings. The lowest BCUT2D eigenvalue weighted by molar-refractivity contribution is -0.142. The van der Waals surface area contributed by atoms with Gasteiger partial charge in [0.2, 0.25) is 11.8 Å². The van der Waals surface area contributed by atoms with Crippen LogP contribution in [-0.2, 0) is 14.4 Å². The van der Waals surface area contributed by atoms with Crippen molar-refractivity contribution < 1.29 is 19.5 Å². The molecule has 2 N–H and O–H groups in total. The van der Waals surface area contributed by atoms with Crippen molar-refractivity contribution in [1.29, 1.82) is 0 Å². The first-order chi connectivity index (χ1) is 11.4. The highest BCUT2D eigenvalue weighted by Crippen LogP contribution is 2.34. The Labute approximate surface area is 145 Å². The Hall–Kier alpha value is -2.02. The minimum atomic E-state index is -0.917. The van der Waals surface area contributed by atoms with Crippen LogP contribution in [0.2, 0.25) is 0 Å². The monoisotopic (exact) mass is 350 g/mol. The molecule has 130 valence electrons. The summed E-state index contributed by atoms with van der Waals surface area (Å²) in [7, 11) is 0. The molecule has 0 bridgehead atoms. The van der Waals surface area contributed by atoms with Gasteiger partial charge in [0.15, 0.2) is 0 Å². The van der Waals surface area contributed by atoms with Crippen molar-refractivity contribution in [3.63, 3.8) is 0 Å². The number of carboxylic acid groups (broad SMARTS) is 1. The molecule has 1 aliphatic heterocycles. The predicted molar refractivity (Wildman–Crippen MR) is 93.1 cm³/mol. The molecule has 1 aliphatic rings. The number of amides is 2. The summed E-state index contributed by atoms with van der Waals surface area (Å²) in [6.07, 6.45) is 0.498. The SMILES string of the molecule is CC(C)CC(CNC(=O)CN1C(=O)CSc2ccccc21)C(=O)O. The maximum Gasteiger partial charge on any atom is 0.308 e. The maximum atomic E-state index is 12.2. The molecule has 0 radical (unpaired) electrons. The molecular formula is C17H22N2O4S. The molecular weight excluding hydrogens is 328 g/mol. The highest BCUT2D eigenvalue weighted by Gasteiger charge is 2.27. The summed E-state index contributed by atoms with van der Waals surface area (Å²) < 4.78 is 0. The highest BCUT2D eigenvalue weighted by molar-refractivity contribution is 8.00. The van der Waals surface area contributed by atoms with Crippen molar-refractivity contribution in [1.82, 2.24) is 5.32 Å². The second-order valence-electron chi connectivity index (χ2n) is 6.21. The number of fused-ring (bicyclic) bond motifs is 1. The average molecular weight is 350 g/mol. The molecule has 2 amide bonds. The largest absolute Gasteiger partial charge is 0.481 e. The van der Waals surface area contributed by atoms with E-state index in [0.29, 0.717) is 12.2 Å². The number of rotatable bonds is 7. The van der Waals surface area contributed by atoms with Gasteiger partial charge in [-0.3, -0.25) is 14.4 Å². The van der Waals surface area contributed by atoms with E-state index in [1.54, 1.807) is 0 Å². The third-order valence-corrected chi connectivity index (χ3v) is 4.81. The summed E-state index contributed by atoms with van der Waals surface area (Å²) in [5.41, 5.74) is 0.728. The van der Waals surface area contributed by atoms with E-state index in [2.05, 4.69) is 5.32 Å². The van der Waals surface area contributed by atoms with Crippen LogP contribution in [0.15, 0.2) is 29.2 Å². The molecule has 2 rings (SSSR count). The van der Waals surface area contributed by atoms with Crippen LogP contribution >= 0.6 is 11.8 Å². The van der Waals surface area contributed by atoms with E-state index >= 15 is 0 Å². The van der Waals surface area contributed by atoms with Gasteiger partial charge < -0.3 is 15.3 Å². The fraction of sp³-hybridized carbons (Fsp3) is 0.471. The lowest BCUT2D eigenvalue weighted by Crippen LogP contribution is -2.44. The lowest BCUT2D eigenvalue weighted by atomic mass is 9.97. The van der Waals surface area contributed by atoms with Crippen molar-refractivity contribution in [2.75, 3.05) is 23.7 Å². The van der Waals surface area contributed by atoms with E-state index in [1.807, 2.05) is 38.1 Å². The summed E-state index contributed by atoms with van der Waals surface area (Å²) in [6.45, 7) is 3.87. The predicted octanol–water partition coefficient (Wildman–Crippen LogP) is 1.99. The van der Waals surface area contributed by atoms with E-state index in [1.165, 1.54) is 16.7 Å². The van der Waals surface area contributed by atoms with Gasteiger partial charge in [-0.05, 0) is 24.5 Å². The fourth-order valence-corrected chi connectivity index (χ4v) is 3.54. The molecule has 0 aliphatic carbocycles. The first kappa shape index (κ1) is 18.3. The molecule has 1 unspecified atom stereocenters. The number of carbonyl (C=O) groups excluding carboxylic acids is 2. The Morgan fingerprint density at radius 2 is 2.04 bits per heavy atom. The number of nitrogens with zero attached hydrogens (tertiary/aromatic N) is 1. The Morgan fingerprint density at radius 1 is 1.33 bits per heavy atom. The molecule has 0 saturated carbocycles. The molecule has 0 saturated heterocycles. The molecule has 7 heteroatoms. The third kappa shape index (κ3) is 4.74. The number of carbonyl (C=O) groups is 3. The number of anilines is 1. The van der Waals surface area contributed by atoms with Crippen molar-refractivity contribution in [2.45, 2.75) is 25.2 Å². The van der Waals surface area contributed by atoms with E-state index in [4.69, 9.17) is 0 Å². The Bertz CT molecular complexity index is 633. The van der Waals surface area contributed by atoms with E-state index < -0.39 is 11.9 Å². The topological polar surface area (TPSA) is 86.7 Å². The number of para-hydroxylation sites is 1. The van der Waals surface area contributed by atoms with Crippen LogP contribution in [0.4, 0.5) is 5.69 Å². The van der Waals surface area contributed by atoms with Crippen molar-refractivity contribution in [3.05, 3.63) is 24.3 Å². The van der Waals surface area contributed by atoms with Gasteiger partial charge in [0.05, 0.1) is 17.4 Å². The van der Waals surface area contributed by atoms with Crippen molar-refractivity contribution >= 4 is 35.2 Å². The number of hydrogen-bond donors (Lipinski definition) is 2. The lowest BCUT2D eigenvalue weighted by Gasteiger charge is -2.28. The molecule has 1 aromatic rings. The standard InChI is InChI=1S/C17H22N2O4S/c1-11(2)7-12(17(22)23)8-18-15(20)9-19-13-5-3-4-6-14(13)24-10-16(19)21/h3-6,11-12H,7-10H2,1-2H3,(H,18,20)(H,22,23). The number of thioether (sulfide) groups is 1. The summed E-state index contributed by atoms with van der Waals surface area (Å²) in [4.78, 5) is 37.9. The number of aliphatic carboxylic acids is 1. The first-order valence-electron chi connectivity index (χ1n) is 7.90. The molecule has 6 nitrogen and oxygen atoms in total. The molecule has 24 heavy (non-hydrogen) atoms. The first-order valence-corrected chi connectivity index (χ1v) is 8.88. The van der Waals surface area contributed by atoms with Crippen LogP contribution in [0.3, 0.4) is 0 Å². The smallest absolute Gasteiger partial charge is 0.308 e. The van der Waals surface area contributed by atoms with Crippen LogP contribution in [0.25, 0.3) is 0 Å². The minimum Gasteiger partial charge on any atom is -0.481 e. The number of benzene rings is 1. The minimum absolute atomic E-state index is 0.0742. The maximum absolute atomic E-state index is 12.2. The Kier molecular flexibility index (Phi) is 6.25. The zero-order valence-electron chi connectivity index (χ0n) is 13.8. The molecule has 1 heterocycles. The summed E-state index contributed by atoms with van der Waals surface area (Å²) in [5.74, 6) is -1.47. The quantitative estimate of drug-likeness (QED) is 0.785. The van der Waals surface area contributed by atoms with Gasteiger partial charge in [0, 0.05) is 11.4 Å². The van der Waals surface area contributed by atoms with Crippen molar-refractivity contribution in [2.24, 2.45) is 11.8 Å². The van der Waals surface area contributed by atoms with Crippen molar-refractivity contribution in [3.8, 4) is 0 Å². The van der Waals surface area contributed by atoms with Gasteiger partial charge in [0.25, 0.3) is 0 Å². The van der Waals surface area contributed by atoms with E-state index in [0.717, 1.165) is 10.6 Å². The van der Waals surface area contributed by atoms with Crippen LogP contribution in [0.5, 0.6) is 0 Å². The summed E-state index contributed by atoms with van der Waals surface area (Å²) >= 11 is 1.46. The van der Waals surface area contributed by atoms with Crippen LogP contribution in [-0.4, -0.2) is 41.7 Å². The second kappa shape index (κ2) is 8.19. The van der Waals surface area contributed by atoms with Gasteiger partial charge in [-0.1, -0.05) is 26.0 Å². The Balaban J connectivity index is 1.97. The van der Waals surface area contributed by atoms with Gasteiger partial charge in [-0.2, -0.15) is 0 Å². The highest BCUT2D eigenvalue weighted by atomic mass is 32.2. The van der Waals surface area contributed by atoms with Gasteiger partial charge >= 0.3 is 5.97 Å². The van der Waals surface area contributed by atoms with Crippen LogP contribution < -0.4 is 10.2 Å². The average Bonchev–Trinajstić information content (AvgIpc) is 2.53. The number of nitrogens with one attached hydrogen (secondary N) is 1. The third-order valence-electron chi connectivity index (χ3n) is 3.76. The normalized spacial score (nSPS) is 15.1. The van der Waals surface area contributed by atoms with Gasteiger partial charge in [-0.15, -0.1) is 11.8 Å². The summed E-state index contributed by atoms with van der Waals surface area (Å²) in [6, 6.07) is 7.45. The van der Waals surface area contributed by atoms with Gasteiger partial charge in [0.1, 0.15) is 6.54 Å². The fourth-order valence-electron chi connectivity index (χ4n) is 2.60. The number of hydrogen-bond acceptors (Lipinski definition) is 4. The molecule has 1 atom stereocenters. The molecule has 0 aromatic heterocycles. The molecule has 0 spiro atoms. The van der Waals surface area contributed by atoms with Crippen LogP contribution in [0, 0.1) is 11.8 Å². The Morgan fingerprint density at radius 3 is 2.71 bits per heavy atom. The molecule has 1 aromatic carbocycles. The van der Waals surface area contributed by atoms with Crippen LogP contribution in [0.1, 0.15) is 20.3 Å². The zero-order valence-corrected chi connectivity index (χ0v) is 14.6. The second-order valence-corrected chi connectivity index (χ2v) is 7.22. The van der Waals surface area contributed by atoms with Gasteiger partial charge in [-0.25, -0.2) is 0 Å². The van der Waals surface area contributed by atoms with E-state index in [9.17, 15) is 19.5 Å². The van der Waals surface area contributed by atoms with E-state index in [-0.39, 0.29) is 30.8 Å². The summed E-state index contributed by atoms with van der Waals surface area (Å²) in [5, 5.41) is 11.9. The number of carboxylic acids is 1. The zero-order chi connectivity index (χ0) is 17.7.